The quantitative estimate of drug-likeness (QED) is 0.503. The predicted octanol–water partition coefficient (Wildman–Crippen LogP) is 4.02. The van der Waals surface area contributed by atoms with Crippen LogP contribution in [0.3, 0.4) is 0 Å². The van der Waals surface area contributed by atoms with Gasteiger partial charge in [0.25, 0.3) is 5.56 Å². The van der Waals surface area contributed by atoms with E-state index in [-0.39, 0.29) is 5.56 Å². The molecular formula is C24H23N3O2. The lowest BCUT2D eigenvalue weighted by Crippen LogP contribution is -2.25. The van der Waals surface area contributed by atoms with Crippen LogP contribution in [-0.4, -0.2) is 14.3 Å². The third kappa shape index (κ3) is 4.56. The van der Waals surface area contributed by atoms with Crippen molar-refractivity contribution < 1.29 is 4.42 Å². The number of aromatic nitrogens is 2. The monoisotopic (exact) mass is 385 g/mol. The second kappa shape index (κ2) is 7.94. The van der Waals surface area contributed by atoms with Crippen molar-refractivity contribution in [2.24, 2.45) is 0 Å². The maximum absolute atomic E-state index is 12.5. The molecule has 4 rings (SSSR count). The van der Waals surface area contributed by atoms with Crippen molar-refractivity contribution in [3.8, 4) is 0 Å². The third-order valence-corrected chi connectivity index (χ3v) is 4.80. The second-order valence-corrected chi connectivity index (χ2v) is 7.62. The SMILES string of the molecule is Cc1cc(C)cc(CN(Cc2cc(=O)n3ccc(C)cc3n2)Cc2cc#co2)c1. The molecule has 0 aliphatic carbocycles. The molecule has 0 aliphatic heterocycles. The van der Waals surface area contributed by atoms with Gasteiger partial charge in [-0.2, -0.15) is 0 Å². The summed E-state index contributed by atoms with van der Waals surface area (Å²) in [5.74, 6) is 0.780. The van der Waals surface area contributed by atoms with Gasteiger partial charge in [-0.15, -0.1) is 0 Å². The molecule has 0 bridgehead atoms. The van der Waals surface area contributed by atoms with E-state index in [1.54, 1.807) is 22.7 Å². The molecule has 29 heavy (non-hydrogen) atoms. The van der Waals surface area contributed by atoms with Gasteiger partial charge in [0.2, 0.25) is 0 Å². The molecular weight excluding hydrogens is 362 g/mol. The van der Waals surface area contributed by atoms with Crippen LogP contribution in [0.1, 0.15) is 33.7 Å². The third-order valence-electron chi connectivity index (χ3n) is 4.80. The van der Waals surface area contributed by atoms with E-state index in [2.05, 4.69) is 49.3 Å². The van der Waals surface area contributed by atoms with Crippen molar-refractivity contribution >= 4 is 5.65 Å². The van der Waals surface area contributed by atoms with E-state index in [1.807, 2.05) is 19.1 Å². The Bertz CT molecular complexity index is 1170. The standard InChI is InChI=1S/C24H23N3O2/c1-17-6-7-27-23(12-17)25-21(13-24(27)28)15-26(16-22-5-4-8-29-22)14-20-10-18(2)9-19(3)11-20/h5-7,9-13H,14-16H2,1-3H3. The summed E-state index contributed by atoms with van der Waals surface area (Å²) >= 11 is 0. The molecule has 0 radical (unpaired) electrons. The minimum Gasteiger partial charge on any atom is -0.410 e. The van der Waals surface area contributed by atoms with Crippen LogP contribution in [0.2, 0.25) is 0 Å². The maximum atomic E-state index is 12.5. The van der Waals surface area contributed by atoms with E-state index < -0.39 is 0 Å². The Labute approximate surface area is 170 Å². The van der Waals surface area contributed by atoms with E-state index >= 15 is 0 Å². The number of hydrogen-bond acceptors (Lipinski definition) is 4. The number of pyridine rings is 1. The fraction of sp³-hybridized carbons (Fsp3) is 0.250. The Morgan fingerprint density at radius 2 is 1.79 bits per heavy atom. The zero-order chi connectivity index (χ0) is 20.4. The van der Waals surface area contributed by atoms with Crippen LogP contribution in [0, 0.1) is 33.1 Å². The van der Waals surface area contributed by atoms with Crippen LogP contribution >= 0.6 is 0 Å². The average Bonchev–Trinajstić information content (AvgIpc) is 3.13. The van der Waals surface area contributed by atoms with Crippen LogP contribution in [0.5, 0.6) is 0 Å². The molecule has 0 spiro atoms. The van der Waals surface area contributed by atoms with Gasteiger partial charge >= 0.3 is 0 Å². The second-order valence-electron chi connectivity index (χ2n) is 7.62. The highest BCUT2D eigenvalue weighted by atomic mass is 16.3. The van der Waals surface area contributed by atoms with E-state index in [0.717, 1.165) is 23.6 Å². The predicted molar refractivity (Wildman–Crippen MR) is 111 cm³/mol. The number of benzene rings is 1. The van der Waals surface area contributed by atoms with Crippen molar-refractivity contribution in [3.05, 3.63) is 105 Å². The summed E-state index contributed by atoms with van der Waals surface area (Å²) in [6.07, 6.45) is 4.39. The molecule has 3 aromatic heterocycles. The largest absolute Gasteiger partial charge is 0.410 e. The summed E-state index contributed by atoms with van der Waals surface area (Å²) in [5, 5.41) is 0. The molecule has 1 aromatic carbocycles. The number of fused-ring (bicyclic) bond motifs is 1. The average molecular weight is 385 g/mol. The van der Waals surface area contributed by atoms with Gasteiger partial charge in [0, 0.05) is 31.4 Å². The number of nitrogens with zero attached hydrogens (tertiary/aromatic N) is 3. The molecule has 0 fully saturated rings. The van der Waals surface area contributed by atoms with Gasteiger partial charge < -0.3 is 4.42 Å². The Morgan fingerprint density at radius 3 is 2.52 bits per heavy atom. The van der Waals surface area contributed by atoms with E-state index in [0.29, 0.717) is 18.7 Å². The number of hydrogen-bond donors (Lipinski definition) is 0. The van der Waals surface area contributed by atoms with Crippen molar-refractivity contribution in [1.29, 1.82) is 0 Å². The highest BCUT2D eigenvalue weighted by Gasteiger charge is 2.13. The van der Waals surface area contributed by atoms with Crippen LogP contribution in [0.4, 0.5) is 0 Å². The molecule has 3 heterocycles. The molecule has 5 nitrogen and oxygen atoms in total. The number of rotatable bonds is 6. The van der Waals surface area contributed by atoms with Gasteiger partial charge in [0.1, 0.15) is 17.7 Å². The fourth-order valence-corrected chi connectivity index (χ4v) is 3.68. The minimum absolute atomic E-state index is 0.0731. The Morgan fingerprint density at radius 1 is 1.00 bits per heavy atom. The Balaban J connectivity index is 1.65. The first-order valence-electron chi connectivity index (χ1n) is 9.61. The summed E-state index contributed by atoms with van der Waals surface area (Å²) in [5.41, 5.74) is 6.09. The molecule has 0 unspecified atom stereocenters. The minimum atomic E-state index is -0.0731. The van der Waals surface area contributed by atoms with Gasteiger partial charge in [0.15, 0.2) is 0 Å². The lowest BCUT2D eigenvalue weighted by Gasteiger charge is -2.21. The fourth-order valence-electron chi connectivity index (χ4n) is 3.68. The van der Waals surface area contributed by atoms with Gasteiger partial charge in [0.05, 0.1) is 12.2 Å². The van der Waals surface area contributed by atoms with Gasteiger partial charge in [-0.25, -0.2) is 4.98 Å². The molecule has 0 saturated heterocycles. The molecule has 0 amide bonds. The van der Waals surface area contributed by atoms with Crippen molar-refractivity contribution in [1.82, 2.24) is 14.3 Å². The summed E-state index contributed by atoms with van der Waals surface area (Å²) < 4.78 is 6.96. The lowest BCUT2D eigenvalue weighted by molar-refractivity contribution is 0.224. The van der Waals surface area contributed by atoms with Gasteiger partial charge in [-0.1, -0.05) is 29.3 Å². The highest BCUT2D eigenvalue weighted by Crippen LogP contribution is 2.16. The van der Waals surface area contributed by atoms with E-state index in [9.17, 15) is 4.79 Å². The topological polar surface area (TPSA) is 50.8 Å². The van der Waals surface area contributed by atoms with Crippen molar-refractivity contribution in [2.45, 2.75) is 40.4 Å². The molecule has 4 aromatic rings. The van der Waals surface area contributed by atoms with E-state index in [1.165, 1.54) is 16.7 Å². The first-order chi connectivity index (χ1) is 14.0. The molecule has 0 aliphatic rings. The molecule has 5 heteroatoms. The first-order valence-corrected chi connectivity index (χ1v) is 9.61. The van der Waals surface area contributed by atoms with Gasteiger partial charge in [-0.05, 0) is 50.1 Å². The van der Waals surface area contributed by atoms with Crippen molar-refractivity contribution in [3.63, 3.8) is 0 Å². The zero-order valence-corrected chi connectivity index (χ0v) is 16.9. The van der Waals surface area contributed by atoms with Crippen LogP contribution in [-0.2, 0) is 19.6 Å². The van der Waals surface area contributed by atoms with Crippen LogP contribution < -0.4 is 5.56 Å². The van der Waals surface area contributed by atoms with Gasteiger partial charge in [-0.3, -0.25) is 14.1 Å². The molecule has 0 N–H and O–H groups in total. The summed E-state index contributed by atoms with van der Waals surface area (Å²) in [7, 11) is 0. The first kappa shape index (κ1) is 19.0. The Kier molecular flexibility index (Phi) is 5.20. The summed E-state index contributed by atoms with van der Waals surface area (Å²) in [6.45, 7) is 8.04. The van der Waals surface area contributed by atoms with Crippen molar-refractivity contribution in [2.75, 3.05) is 0 Å². The zero-order valence-electron chi connectivity index (χ0n) is 16.9. The molecule has 0 atom stereocenters. The smallest absolute Gasteiger partial charge is 0.258 e. The highest BCUT2D eigenvalue weighted by molar-refractivity contribution is 5.41. The van der Waals surface area contributed by atoms with Crippen LogP contribution in [0.25, 0.3) is 5.65 Å². The lowest BCUT2D eigenvalue weighted by atomic mass is 10.1. The molecule has 146 valence electrons. The molecule has 0 saturated carbocycles. The number of aryl methyl sites for hydroxylation is 3. The Hall–Kier alpha value is -3.36. The maximum Gasteiger partial charge on any atom is 0.258 e. The van der Waals surface area contributed by atoms with E-state index in [4.69, 9.17) is 9.40 Å². The summed E-state index contributed by atoms with van der Waals surface area (Å²) in [6, 6.07) is 16.6. The summed E-state index contributed by atoms with van der Waals surface area (Å²) in [4.78, 5) is 19.5. The van der Waals surface area contributed by atoms with Crippen LogP contribution in [0.15, 0.2) is 57.9 Å². The normalized spacial score (nSPS) is 11.2.